The molecule has 3 rings (SSSR count). The third-order valence-electron chi connectivity index (χ3n) is 6.18. The maximum absolute atomic E-state index is 2.59. The van der Waals surface area contributed by atoms with Gasteiger partial charge in [-0.3, -0.25) is 0 Å². The van der Waals surface area contributed by atoms with Crippen LogP contribution in [0.4, 0.5) is 5.69 Å². The van der Waals surface area contributed by atoms with Crippen molar-refractivity contribution in [1.82, 2.24) is 4.57 Å². The monoisotopic (exact) mass is 404 g/mol. The molecular formula is C28H40N2. The molecule has 0 saturated carbocycles. The lowest BCUT2D eigenvalue weighted by molar-refractivity contribution is 0.592. The lowest BCUT2D eigenvalue weighted by Crippen LogP contribution is -2.27. The zero-order chi connectivity index (χ0) is 21.0. The van der Waals surface area contributed by atoms with Crippen molar-refractivity contribution in [2.75, 3.05) is 18.0 Å². The third-order valence-corrected chi connectivity index (χ3v) is 6.18. The molecule has 0 amide bonds. The van der Waals surface area contributed by atoms with Crippen LogP contribution in [0, 0.1) is 0 Å². The molecule has 0 aliphatic rings. The molecule has 0 fully saturated rings. The minimum absolute atomic E-state index is 1.08. The summed E-state index contributed by atoms with van der Waals surface area (Å²) in [4.78, 5) is 2.59. The van der Waals surface area contributed by atoms with E-state index in [9.17, 15) is 0 Å². The van der Waals surface area contributed by atoms with Crippen LogP contribution in [0.5, 0.6) is 0 Å². The van der Waals surface area contributed by atoms with Crippen LogP contribution in [0.25, 0.3) is 10.9 Å². The Labute approximate surface area is 183 Å². The topological polar surface area (TPSA) is 8.17 Å². The number of hydrogen-bond donors (Lipinski definition) is 0. The highest BCUT2D eigenvalue weighted by Gasteiger charge is 2.11. The van der Waals surface area contributed by atoms with Crippen LogP contribution in [-0.2, 0) is 13.0 Å². The molecule has 0 unspecified atom stereocenters. The van der Waals surface area contributed by atoms with E-state index in [0.29, 0.717) is 0 Å². The van der Waals surface area contributed by atoms with E-state index in [1.807, 2.05) is 0 Å². The zero-order valence-electron chi connectivity index (χ0n) is 19.2. The molecule has 0 aliphatic carbocycles. The summed E-state index contributed by atoms with van der Waals surface area (Å²) in [6.07, 6.45) is 14.0. The van der Waals surface area contributed by atoms with E-state index in [1.54, 1.807) is 0 Å². The smallest absolute Gasteiger partial charge is 0.0483 e. The Kier molecular flexibility index (Phi) is 9.34. The first kappa shape index (κ1) is 22.5. The number of unbranched alkanes of at least 4 members (excludes halogenated alkanes) is 6. The highest BCUT2D eigenvalue weighted by atomic mass is 15.1. The van der Waals surface area contributed by atoms with E-state index in [0.717, 1.165) is 26.1 Å². The molecule has 162 valence electrons. The number of rotatable bonds is 14. The summed E-state index contributed by atoms with van der Waals surface area (Å²) in [6, 6.07) is 19.9. The molecule has 2 aromatic carbocycles. The van der Waals surface area contributed by atoms with Crippen molar-refractivity contribution in [1.29, 1.82) is 0 Å². The fraction of sp³-hybridized carbons (Fsp3) is 0.500. The zero-order valence-corrected chi connectivity index (χ0v) is 19.2. The summed E-state index contributed by atoms with van der Waals surface area (Å²) in [5, 5.41) is 1.44. The van der Waals surface area contributed by atoms with Crippen molar-refractivity contribution in [3.8, 4) is 0 Å². The van der Waals surface area contributed by atoms with Crippen LogP contribution in [0.2, 0.25) is 0 Å². The SMILES string of the molecule is CCCCCCN(CCc1cn(CCCCCC)c2ccccc12)c1ccccc1. The van der Waals surface area contributed by atoms with Crippen molar-refractivity contribution in [2.24, 2.45) is 0 Å². The molecular weight excluding hydrogens is 364 g/mol. The highest BCUT2D eigenvalue weighted by Crippen LogP contribution is 2.24. The molecule has 0 saturated heterocycles. The highest BCUT2D eigenvalue weighted by molar-refractivity contribution is 5.84. The van der Waals surface area contributed by atoms with E-state index < -0.39 is 0 Å². The van der Waals surface area contributed by atoms with Crippen LogP contribution in [-0.4, -0.2) is 17.7 Å². The van der Waals surface area contributed by atoms with Gasteiger partial charge in [0.15, 0.2) is 0 Å². The van der Waals surface area contributed by atoms with E-state index in [-0.39, 0.29) is 0 Å². The quantitative estimate of drug-likeness (QED) is 0.248. The summed E-state index contributed by atoms with van der Waals surface area (Å²) in [7, 11) is 0. The minimum Gasteiger partial charge on any atom is -0.371 e. The van der Waals surface area contributed by atoms with E-state index in [2.05, 4.69) is 84.1 Å². The third kappa shape index (κ3) is 6.39. The predicted molar refractivity (Wildman–Crippen MR) is 133 cm³/mol. The average molecular weight is 405 g/mol. The van der Waals surface area contributed by atoms with Gasteiger partial charge in [0.25, 0.3) is 0 Å². The van der Waals surface area contributed by atoms with E-state index in [4.69, 9.17) is 0 Å². The summed E-state index contributed by atoms with van der Waals surface area (Å²) in [6.45, 7) is 7.94. The Morgan fingerprint density at radius 1 is 0.700 bits per heavy atom. The van der Waals surface area contributed by atoms with Gasteiger partial charge >= 0.3 is 0 Å². The van der Waals surface area contributed by atoms with Crippen molar-refractivity contribution in [3.05, 3.63) is 66.4 Å². The predicted octanol–water partition coefficient (Wildman–Crippen LogP) is 7.85. The Morgan fingerprint density at radius 2 is 1.40 bits per heavy atom. The first-order valence-corrected chi connectivity index (χ1v) is 12.2. The van der Waals surface area contributed by atoms with Gasteiger partial charge in [-0.2, -0.15) is 0 Å². The molecule has 0 spiro atoms. The first-order valence-electron chi connectivity index (χ1n) is 12.2. The molecule has 2 nitrogen and oxygen atoms in total. The molecule has 1 aromatic heterocycles. The van der Waals surface area contributed by atoms with E-state index >= 15 is 0 Å². The molecule has 0 atom stereocenters. The standard InChI is InChI=1S/C28H40N2/c1-3-5-7-14-21-29(26-16-10-9-11-17-26)23-20-25-24-30(22-15-8-6-4-2)28-19-13-12-18-27(25)28/h9-13,16-19,24H,3-8,14-15,20-23H2,1-2H3. The molecule has 3 aromatic rings. The number of anilines is 1. The van der Waals surface area contributed by atoms with Gasteiger partial charge in [-0.15, -0.1) is 0 Å². The average Bonchev–Trinajstić information content (AvgIpc) is 3.14. The summed E-state index contributed by atoms with van der Waals surface area (Å²) in [5.74, 6) is 0. The molecule has 1 heterocycles. The molecule has 2 heteroatoms. The maximum atomic E-state index is 2.59. The second-order valence-electron chi connectivity index (χ2n) is 8.56. The maximum Gasteiger partial charge on any atom is 0.0483 e. The summed E-state index contributed by atoms with van der Waals surface area (Å²) in [5.41, 5.74) is 4.26. The second-order valence-corrected chi connectivity index (χ2v) is 8.56. The number of hydrogen-bond acceptors (Lipinski definition) is 1. The van der Waals surface area contributed by atoms with Gasteiger partial charge in [0.1, 0.15) is 0 Å². The van der Waals surface area contributed by atoms with Crippen molar-refractivity contribution >= 4 is 16.6 Å². The van der Waals surface area contributed by atoms with Crippen molar-refractivity contribution < 1.29 is 0 Å². The molecule has 0 radical (unpaired) electrons. The lowest BCUT2D eigenvalue weighted by atomic mass is 10.1. The van der Waals surface area contributed by atoms with Gasteiger partial charge < -0.3 is 9.47 Å². The Bertz CT molecular complexity index is 849. The van der Waals surface area contributed by atoms with Gasteiger partial charge in [0, 0.05) is 42.4 Å². The van der Waals surface area contributed by atoms with Crippen LogP contribution in [0.1, 0.15) is 70.8 Å². The van der Waals surface area contributed by atoms with Crippen molar-refractivity contribution in [3.63, 3.8) is 0 Å². The molecule has 0 bridgehead atoms. The largest absolute Gasteiger partial charge is 0.371 e. The van der Waals surface area contributed by atoms with Gasteiger partial charge in [-0.25, -0.2) is 0 Å². The van der Waals surface area contributed by atoms with Gasteiger partial charge in [-0.1, -0.05) is 88.8 Å². The van der Waals surface area contributed by atoms with Crippen LogP contribution in [0.3, 0.4) is 0 Å². The normalized spacial score (nSPS) is 11.3. The Balaban J connectivity index is 1.69. The number of benzene rings is 2. The summed E-state index contributed by atoms with van der Waals surface area (Å²) >= 11 is 0. The molecule has 0 N–H and O–H groups in total. The van der Waals surface area contributed by atoms with Crippen molar-refractivity contribution in [2.45, 2.75) is 78.2 Å². The Morgan fingerprint density at radius 3 is 2.17 bits per heavy atom. The summed E-state index contributed by atoms with van der Waals surface area (Å²) < 4.78 is 2.49. The van der Waals surface area contributed by atoms with Crippen LogP contribution >= 0.6 is 0 Å². The number of aromatic nitrogens is 1. The van der Waals surface area contributed by atoms with E-state index in [1.165, 1.54) is 73.5 Å². The molecule has 0 aliphatic heterocycles. The number of aryl methyl sites for hydroxylation is 1. The van der Waals surface area contributed by atoms with Crippen LogP contribution < -0.4 is 4.90 Å². The fourth-order valence-corrected chi connectivity index (χ4v) is 4.41. The van der Waals surface area contributed by atoms with Gasteiger partial charge in [0.2, 0.25) is 0 Å². The minimum atomic E-state index is 1.08. The first-order chi connectivity index (χ1) is 14.8. The van der Waals surface area contributed by atoms with Crippen LogP contribution in [0.15, 0.2) is 60.8 Å². The van der Waals surface area contributed by atoms with Gasteiger partial charge in [-0.05, 0) is 43.0 Å². The second kappa shape index (κ2) is 12.5. The lowest BCUT2D eigenvalue weighted by Gasteiger charge is -2.25. The number of nitrogens with zero attached hydrogens (tertiary/aromatic N) is 2. The van der Waals surface area contributed by atoms with Gasteiger partial charge in [0.05, 0.1) is 0 Å². The number of para-hydroxylation sites is 2. The molecule has 30 heavy (non-hydrogen) atoms. The Hall–Kier alpha value is -2.22. The number of fused-ring (bicyclic) bond motifs is 1. The fourth-order valence-electron chi connectivity index (χ4n) is 4.41.